The van der Waals surface area contributed by atoms with Crippen LogP contribution in [-0.4, -0.2) is 16.0 Å². The van der Waals surface area contributed by atoms with Crippen molar-refractivity contribution in [2.24, 2.45) is 0 Å². The summed E-state index contributed by atoms with van der Waals surface area (Å²) in [6, 6.07) is 6.45. The maximum atomic E-state index is 13.2. The van der Waals surface area contributed by atoms with E-state index >= 15 is 0 Å². The van der Waals surface area contributed by atoms with Crippen molar-refractivity contribution in [3.8, 4) is 0 Å². The van der Waals surface area contributed by atoms with E-state index in [0.29, 0.717) is 12.0 Å². The van der Waals surface area contributed by atoms with Gasteiger partial charge in [-0.3, -0.25) is 0 Å². The van der Waals surface area contributed by atoms with Crippen LogP contribution in [0.2, 0.25) is 0 Å². The van der Waals surface area contributed by atoms with Crippen molar-refractivity contribution >= 4 is 22.0 Å². The minimum atomic E-state index is -1.10. The first-order chi connectivity index (χ1) is 9.33. The molecule has 1 aromatic carbocycles. The van der Waals surface area contributed by atoms with Crippen molar-refractivity contribution in [1.29, 1.82) is 0 Å². The Morgan fingerprint density at radius 3 is 2.75 bits per heavy atom. The fourth-order valence-corrected chi connectivity index (χ4v) is 3.41. The summed E-state index contributed by atoms with van der Waals surface area (Å²) >= 11 is 0. The summed E-state index contributed by atoms with van der Waals surface area (Å²) in [5, 5.41) is 0.890. The average Bonchev–Trinajstić information content (AvgIpc) is 2.80. The van der Waals surface area contributed by atoms with Crippen LogP contribution < -0.4 is 4.72 Å². The Morgan fingerprint density at radius 2 is 2.10 bits per heavy atom. The van der Waals surface area contributed by atoms with Gasteiger partial charge in [0.1, 0.15) is 17.2 Å². The second-order valence-electron chi connectivity index (χ2n) is 5.67. The summed E-state index contributed by atoms with van der Waals surface area (Å²) in [6.45, 7) is 5.94. The summed E-state index contributed by atoms with van der Waals surface area (Å²) in [6.07, 6.45) is 0.711. The van der Waals surface area contributed by atoms with Gasteiger partial charge < -0.3 is 4.42 Å². The third-order valence-corrected chi connectivity index (χ3v) is 5.01. The Kier molecular flexibility index (Phi) is 4.30. The predicted molar refractivity (Wildman–Crippen MR) is 80.5 cm³/mol. The van der Waals surface area contributed by atoms with E-state index < -0.39 is 11.0 Å². The van der Waals surface area contributed by atoms with Gasteiger partial charge in [-0.2, -0.15) is 0 Å². The van der Waals surface area contributed by atoms with Crippen LogP contribution >= 0.6 is 0 Å². The van der Waals surface area contributed by atoms with Crippen molar-refractivity contribution in [3.05, 3.63) is 35.8 Å². The van der Waals surface area contributed by atoms with E-state index in [2.05, 4.69) is 4.72 Å². The largest absolute Gasteiger partial charge is 0.461 e. The van der Waals surface area contributed by atoms with Crippen LogP contribution in [-0.2, 0) is 11.0 Å². The van der Waals surface area contributed by atoms with Crippen molar-refractivity contribution in [3.63, 3.8) is 0 Å². The van der Waals surface area contributed by atoms with E-state index in [4.69, 9.17) is 4.42 Å². The number of furan rings is 1. The molecule has 0 radical (unpaired) electrons. The minimum Gasteiger partial charge on any atom is -0.461 e. The lowest BCUT2D eigenvalue weighted by atomic mass is 9.96. The molecule has 0 saturated carbocycles. The number of halogens is 1. The number of hydrogen-bond acceptors (Lipinski definition) is 2. The Hall–Kier alpha value is -1.20. The first-order valence-electron chi connectivity index (χ1n) is 6.62. The van der Waals surface area contributed by atoms with Crippen molar-refractivity contribution < 1.29 is 13.0 Å². The van der Waals surface area contributed by atoms with Crippen LogP contribution in [0.15, 0.2) is 28.7 Å². The Balaban J connectivity index is 2.23. The van der Waals surface area contributed by atoms with Gasteiger partial charge in [0.15, 0.2) is 0 Å². The average molecular weight is 297 g/mol. The lowest BCUT2D eigenvalue weighted by Crippen LogP contribution is -2.35. The van der Waals surface area contributed by atoms with E-state index in [1.165, 1.54) is 12.1 Å². The summed E-state index contributed by atoms with van der Waals surface area (Å²) in [7, 11) is 0.582. The van der Waals surface area contributed by atoms with Gasteiger partial charge in [-0.15, -0.1) is 0 Å². The normalized spacial score (nSPS) is 15.4. The molecular weight excluding hydrogens is 277 g/mol. The second-order valence-corrected chi connectivity index (χ2v) is 7.72. The molecule has 5 heteroatoms. The molecule has 2 rings (SSSR count). The Bertz CT molecular complexity index is 636. The summed E-state index contributed by atoms with van der Waals surface area (Å²) in [5.74, 6) is 0.604. The fourth-order valence-electron chi connectivity index (χ4n) is 2.46. The lowest BCUT2D eigenvalue weighted by molar-refractivity contribution is 0.453. The highest BCUT2D eigenvalue weighted by Crippen LogP contribution is 2.32. The van der Waals surface area contributed by atoms with Crippen LogP contribution in [0.3, 0.4) is 0 Å². The number of rotatable bonds is 5. The molecule has 3 nitrogen and oxygen atoms in total. The molecule has 2 atom stereocenters. The molecule has 0 aliphatic rings. The van der Waals surface area contributed by atoms with E-state index in [1.807, 2.05) is 26.8 Å². The van der Waals surface area contributed by atoms with Gasteiger partial charge in [-0.1, -0.05) is 6.92 Å². The van der Waals surface area contributed by atoms with Gasteiger partial charge in [0, 0.05) is 17.4 Å². The molecule has 0 aliphatic heterocycles. The Morgan fingerprint density at radius 1 is 1.40 bits per heavy atom. The third-order valence-electron chi connectivity index (χ3n) is 3.47. The van der Waals surface area contributed by atoms with Crippen LogP contribution in [0.5, 0.6) is 0 Å². The lowest BCUT2D eigenvalue weighted by Gasteiger charge is -2.25. The van der Waals surface area contributed by atoms with E-state index in [9.17, 15) is 8.60 Å². The molecule has 0 fully saturated rings. The zero-order chi connectivity index (χ0) is 14.9. The van der Waals surface area contributed by atoms with E-state index in [0.717, 1.165) is 11.1 Å². The van der Waals surface area contributed by atoms with E-state index in [1.54, 1.807) is 13.1 Å². The molecule has 0 saturated heterocycles. The predicted octanol–water partition coefficient (Wildman–Crippen LogP) is 3.73. The first-order valence-corrected chi connectivity index (χ1v) is 7.77. The molecule has 0 aliphatic carbocycles. The standard InChI is InChI=1S/C15H20FNO2S/c1-10(9-15(2,3)20(18)17-4)13-7-11-5-6-12(16)8-14(11)19-13/h5-8,10,17H,9H2,1-4H3/t10-,20?/m1/s1. The molecular formula is C15H20FNO2S. The minimum absolute atomic E-state index is 0.109. The monoisotopic (exact) mass is 297 g/mol. The van der Waals surface area contributed by atoms with Gasteiger partial charge >= 0.3 is 0 Å². The van der Waals surface area contributed by atoms with Gasteiger partial charge in [0.2, 0.25) is 0 Å². The maximum Gasteiger partial charge on any atom is 0.137 e. The van der Waals surface area contributed by atoms with Crippen molar-refractivity contribution in [1.82, 2.24) is 4.72 Å². The highest BCUT2D eigenvalue weighted by Gasteiger charge is 2.29. The number of fused-ring (bicyclic) bond motifs is 1. The van der Waals surface area contributed by atoms with Crippen LogP contribution in [0.4, 0.5) is 4.39 Å². The molecule has 0 amide bonds. The summed E-state index contributed by atoms with van der Waals surface area (Å²) in [4.78, 5) is 0. The van der Waals surface area contributed by atoms with Crippen molar-refractivity contribution in [2.45, 2.75) is 37.9 Å². The first kappa shape index (κ1) is 15.2. The molecule has 2 aromatic rings. The molecule has 20 heavy (non-hydrogen) atoms. The smallest absolute Gasteiger partial charge is 0.137 e. The van der Waals surface area contributed by atoms with Crippen LogP contribution in [0.1, 0.15) is 38.9 Å². The Labute approximate surface area is 121 Å². The molecule has 0 spiro atoms. The molecule has 0 bridgehead atoms. The zero-order valence-electron chi connectivity index (χ0n) is 12.2. The SMILES string of the molecule is CNS(=O)C(C)(C)C[C@@H](C)c1cc2ccc(F)cc2o1. The summed E-state index contributed by atoms with van der Waals surface area (Å²) in [5.41, 5.74) is 0.555. The second kappa shape index (κ2) is 5.66. The molecule has 1 aromatic heterocycles. The molecule has 110 valence electrons. The molecule has 1 N–H and O–H groups in total. The highest BCUT2D eigenvalue weighted by atomic mass is 32.2. The summed E-state index contributed by atoms with van der Waals surface area (Å²) < 4.78 is 33.2. The topological polar surface area (TPSA) is 42.2 Å². The van der Waals surface area contributed by atoms with Gasteiger partial charge in [0.05, 0.1) is 15.7 Å². The van der Waals surface area contributed by atoms with Gasteiger partial charge in [-0.25, -0.2) is 13.3 Å². The van der Waals surface area contributed by atoms with Crippen LogP contribution in [0, 0.1) is 5.82 Å². The maximum absolute atomic E-state index is 13.2. The van der Waals surface area contributed by atoms with Crippen molar-refractivity contribution in [2.75, 3.05) is 7.05 Å². The van der Waals surface area contributed by atoms with Gasteiger partial charge in [0.25, 0.3) is 0 Å². The number of benzene rings is 1. The number of hydrogen-bond donors (Lipinski definition) is 1. The van der Waals surface area contributed by atoms with Crippen LogP contribution in [0.25, 0.3) is 11.0 Å². The molecule has 1 unspecified atom stereocenters. The fraction of sp³-hybridized carbons (Fsp3) is 0.467. The zero-order valence-corrected chi connectivity index (χ0v) is 13.0. The number of nitrogens with one attached hydrogen (secondary N) is 1. The third kappa shape index (κ3) is 3.10. The van der Waals surface area contributed by atoms with E-state index in [-0.39, 0.29) is 16.5 Å². The highest BCUT2D eigenvalue weighted by molar-refractivity contribution is 7.84. The quantitative estimate of drug-likeness (QED) is 0.913. The molecule has 1 heterocycles. The van der Waals surface area contributed by atoms with Gasteiger partial charge in [-0.05, 0) is 45.5 Å².